The molecule has 5 nitrogen and oxygen atoms in total. The molecule has 0 heterocycles. The van der Waals surface area contributed by atoms with Crippen LogP contribution in [-0.4, -0.2) is 56.4 Å². The molecule has 0 saturated carbocycles. The molecular weight excluding hydrogens is 258 g/mol. The number of ether oxygens (including phenoxy) is 2. The Morgan fingerprint density at radius 3 is 2.50 bits per heavy atom. The Labute approximate surface area is 120 Å². The number of carbonyl (C=O) groups is 1. The second-order valence-corrected chi connectivity index (χ2v) is 4.65. The van der Waals surface area contributed by atoms with Crippen LogP contribution in [0.25, 0.3) is 0 Å². The lowest BCUT2D eigenvalue weighted by Gasteiger charge is -2.16. The van der Waals surface area contributed by atoms with Crippen molar-refractivity contribution in [3.8, 4) is 5.75 Å². The van der Waals surface area contributed by atoms with Crippen molar-refractivity contribution in [1.29, 1.82) is 0 Å². The topological polar surface area (TPSA) is 59.0 Å². The van der Waals surface area contributed by atoms with E-state index in [4.69, 9.17) is 14.6 Å². The van der Waals surface area contributed by atoms with Crippen molar-refractivity contribution in [3.63, 3.8) is 0 Å². The van der Waals surface area contributed by atoms with Gasteiger partial charge in [-0.3, -0.25) is 0 Å². The molecule has 1 aromatic rings. The normalized spacial score (nSPS) is 10.8. The zero-order chi connectivity index (χ0) is 14.8. The summed E-state index contributed by atoms with van der Waals surface area (Å²) in [5.41, 5.74) is 0.209. The molecule has 0 amide bonds. The Hall–Kier alpha value is -1.59. The molecule has 0 spiro atoms. The van der Waals surface area contributed by atoms with E-state index in [0.29, 0.717) is 12.4 Å². The quantitative estimate of drug-likeness (QED) is 0.666. The molecule has 0 bridgehead atoms. The Morgan fingerprint density at radius 1 is 1.20 bits per heavy atom. The van der Waals surface area contributed by atoms with Gasteiger partial charge in [0.15, 0.2) is 0 Å². The van der Waals surface area contributed by atoms with Crippen LogP contribution in [-0.2, 0) is 4.74 Å². The summed E-state index contributed by atoms with van der Waals surface area (Å²) < 4.78 is 10.5. The zero-order valence-electron chi connectivity index (χ0n) is 12.2. The minimum Gasteiger partial charge on any atom is -0.493 e. The molecule has 0 aliphatic carbocycles. The van der Waals surface area contributed by atoms with Crippen molar-refractivity contribution in [1.82, 2.24) is 4.90 Å². The van der Waals surface area contributed by atoms with Gasteiger partial charge < -0.3 is 19.5 Å². The molecular formula is C15H23NO4. The molecule has 112 valence electrons. The first kappa shape index (κ1) is 16.5. The maximum atomic E-state index is 11.0. The van der Waals surface area contributed by atoms with E-state index in [0.717, 1.165) is 32.5 Å². The summed E-state index contributed by atoms with van der Waals surface area (Å²) in [4.78, 5) is 13.2. The molecule has 5 heteroatoms. The highest BCUT2D eigenvalue weighted by Crippen LogP contribution is 2.17. The molecule has 0 unspecified atom stereocenters. The largest absolute Gasteiger partial charge is 0.493 e. The SMILES string of the molecule is COCCCN(C)CCCOc1ccccc1C(=O)O. The van der Waals surface area contributed by atoms with Crippen LogP contribution in [0.3, 0.4) is 0 Å². The lowest BCUT2D eigenvalue weighted by atomic mass is 10.2. The number of hydrogen-bond donors (Lipinski definition) is 1. The highest BCUT2D eigenvalue weighted by molar-refractivity contribution is 5.90. The van der Waals surface area contributed by atoms with Crippen LogP contribution in [0.5, 0.6) is 5.75 Å². The predicted molar refractivity (Wildman–Crippen MR) is 77.5 cm³/mol. The van der Waals surface area contributed by atoms with Gasteiger partial charge in [-0.05, 0) is 32.0 Å². The van der Waals surface area contributed by atoms with Gasteiger partial charge in [0, 0.05) is 26.8 Å². The van der Waals surface area contributed by atoms with Crippen molar-refractivity contribution < 1.29 is 19.4 Å². The van der Waals surface area contributed by atoms with Crippen molar-refractivity contribution in [2.45, 2.75) is 12.8 Å². The van der Waals surface area contributed by atoms with Crippen LogP contribution in [0, 0.1) is 0 Å². The van der Waals surface area contributed by atoms with Crippen LogP contribution in [0.15, 0.2) is 24.3 Å². The molecule has 0 aromatic heterocycles. The number of aromatic carboxylic acids is 1. The van der Waals surface area contributed by atoms with Gasteiger partial charge in [-0.2, -0.15) is 0 Å². The average molecular weight is 281 g/mol. The molecule has 0 atom stereocenters. The van der Waals surface area contributed by atoms with E-state index < -0.39 is 5.97 Å². The molecule has 0 saturated heterocycles. The molecule has 0 fully saturated rings. The lowest BCUT2D eigenvalue weighted by Crippen LogP contribution is -2.23. The van der Waals surface area contributed by atoms with Crippen LogP contribution in [0.4, 0.5) is 0 Å². The number of methoxy groups -OCH3 is 1. The van der Waals surface area contributed by atoms with Crippen molar-refractivity contribution in [2.24, 2.45) is 0 Å². The summed E-state index contributed by atoms with van der Waals surface area (Å²) in [6, 6.07) is 6.71. The standard InChI is InChI=1S/C15H23NO4/c1-16(9-5-11-19-2)10-6-12-20-14-8-4-3-7-13(14)15(17)18/h3-4,7-8H,5-6,9-12H2,1-2H3,(H,17,18). The number of nitrogens with zero attached hydrogens (tertiary/aromatic N) is 1. The van der Waals surface area contributed by atoms with Crippen LogP contribution in [0.1, 0.15) is 23.2 Å². The van der Waals surface area contributed by atoms with Crippen LogP contribution < -0.4 is 4.74 Å². The molecule has 1 rings (SSSR count). The van der Waals surface area contributed by atoms with E-state index in [1.165, 1.54) is 0 Å². The van der Waals surface area contributed by atoms with Crippen LogP contribution >= 0.6 is 0 Å². The maximum Gasteiger partial charge on any atom is 0.339 e. The van der Waals surface area contributed by atoms with Gasteiger partial charge >= 0.3 is 5.97 Å². The molecule has 1 N–H and O–H groups in total. The Bertz CT molecular complexity index is 409. The van der Waals surface area contributed by atoms with Gasteiger partial charge in [-0.25, -0.2) is 4.79 Å². The Kier molecular flexibility index (Phi) is 7.69. The number of hydrogen-bond acceptors (Lipinski definition) is 4. The fourth-order valence-corrected chi connectivity index (χ4v) is 1.88. The maximum absolute atomic E-state index is 11.0. The van der Waals surface area contributed by atoms with Gasteiger partial charge in [0.05, 0.1) is 6.61 Å². The van der Waals surface area contributed by atoms with Gasteiger partial charge in [0.25, 0.3) is 0 Å². The minimum absolute atomic E-state index is 0.209. The summed E-state index contributed by atoms with van der Waals surface area (Å²) in [6.45, 7) is 3.18. The Balaban J connectivity index is 2.26. The van der Waals surface area contributed by atoms with Gasteiger partial charge in [0.2, 0.25) is 0 Å². The van der Waals surface area contributed by atoms with Crippen LogP contribution in [0.2, 0.25) is 0 Å². The summed E-state index contributed by atoms with van der Waals surface area (Å²) in [5, 5.41) is 9.03. The second kappa shape index (κ2) is 9.34. The Morgan fingerprint density at radius 2 is 1.85 bits per heavy atom. The van der Waals surface area contributed by atoms with Gasteiger partial charge in [-0.15, -0.1) is 0 Å². The highest BCUT2D eigenvalue weighted by atomic mass is 16.5. The molecule has 1 aromatic carbocycles. The highest BCUT2D eigenvalue weighted by Gasteiger charge is 2.09. The molecule has 0 radical (unpaired) electrons. The third kappa shape index (κ3) is 6.04. The van der Waals surface area contributed by atoms with E-state index in [2.05, 4.69) is 11.9 Å². The van der Waals surface area contributed by atoms with Crippen molar-refractivity contribution >= 4 is 5.97 Å². The van der Waals surface area contributed by atoms with Gasteiger partial charge in [0.1, 0.15) is 11.3 Å². The summed E-state index contributed by atoms with van der Waals surface area (Å²) in [7, 11) is 3.76. The molecule has 20 heavy (non-hydrogen) atoms. The van der Waals surface area contributed by atoms with Crippen molar-refractivity contribution in [3.05, 3.63) is 29.8 Å². The summed E-state index contributed by atoms with van der Waals surface area (Å²) in [6.07, 6.45) is 1.87. The zero-order valence-corrected chi connectivity index (χ0v) is 12.2. The van der Waals surface area contributed by atoms with Crippen molar-refractivity contribution in [2.75, 3.05) is 40.5 Å². The van der Waals surface area contributed by atoms with E-state index in [1.807, 2.05) is 0 Å². The van der Waals surface area contributed by atoms with E-state index >= 15 is 0 Å². The smallest absolute Gasteiger partial charge is 0.339 e. The first-order valence-corrected chi connectivity index (χ1v) is 6.77. The predicted octanol–water partition coefficient (Wildman–Crippen LogP) is 2.12. The number of rotatable bonds is 10. The lowest BCUT2D eigenvalue weighted by molar-refractivity contribution is 0.0692. The average Bonchev–Trinajstić information content (AvgIpc) is 2.44. The first-order valence-electron chi connectivity index (χ1n) is 6.77. The third-order valence-corrected chi connectivity index (χ3v) is 2.95. The summed E-state index contributed by atoms with van der Waals surface area (Å²) in [5.74, 6) is -0.528. The van der Waals surface area contributed by atoms with E-state index in [1.54, 1.807) is 31.4 Å². The van der Waals surface area contributed by atoms with E-state index in [9.17, 15) is 4.79 Å². The second-order valence-electron chi connectivity index (χ2n) is 4.65. The monoisotopic (exact) mass is 281 g/mol. The minimum atomic E-state index is -0.961. The first-order chi connectivity index (χ1) is 9.65. The summed E-state index contributed by atoms with van der Waals surface area (Å²) >= 11 is 0. The fourth-order valence-electron chi connectivity index (χ4n) is 1.88. The number of benzene rings is 1. The number of para-hydroxylation sites is 1. The number of carboxylic acids is 1. The van der Waals surface area contributed by atoms with E-state index in [-0.39, 0.29) is 5.56 Å². The number of carboxylic acid groups (broad SMARTS) is 1. The molecule has 0 aliphatic rings. The molecule has 0 aliphatic heterocycles. The third-order valence-electron chi connectivity index (χ3n) is 2.95. The van der Waals surface area contributed by atoms with Gasteiger partial charge in [-0.1, -0.05) is 12.1 Å². The fraction of sp³-hybridized carbons (Fsp3) is 0.533.